The average Bonchev–Trinajstić information content (AvgIpc) is 2.44. The molecule has 0 aliphatic rings. The zero-order valence-corrected chi connectivity index (χ0v) is 11.0. The van der Waals surface area contributed by atoms with Gasteiger partial charge in [0.2, 0.25) is 0 Å². The second-order valence-electron chi connectivity index (χ2n) is 3.54. The van der Waals surface area contributed by atoms with E-state index in [2.05, 4.69) is 4.74 Å². The molecule has 0 radical (unpaired) electrons. The molecule has 8 heteroatoms. The van der Waals surface area contributed by atoms with Gasteiger partial charge in [-0.15, -0.1) is 0 Å². The van der Waals surface area contributed by atoms with Gasteiger partial charge in [-0.25, -0.2) is 4.79 Å². The fraction of sp³-hybridized carbons (Fsp3) is 0.333. The molecule has 0 heterocycles. The van der Waals surface area contributed by atoms with Crippen molar-refractivity contribution in [3.8, 4) is 11.5 Å². The van der Waals surface area contributed by atoms with Crippen molar-refractivity contribution >= 4 is 17.9 Å². The van der Waals surface area contributed by atoms with Crippen molar-refractivity contribution in [2.75, 3.05) is 20.3 Å². The first kappa shape index (κ1) is 15.4. The standard InChI is InChI=1S/C12H13NO7/c1-3-19-11(15)7-20-12-8(6-14)4-9(13(16)17)5-10(12)18-2/h4-6H,3,7H2,1-2H3. The van der Waals surface area contributed by atoms with Crippen LogP contribution >= 0.6 is 0 Å². The Morgan fingerprint density at radius 1 is 1.45 bits per heavy atom. The Morgan fingerprint density at radius 3 is 2.65 bits per heavy atom. The first-order chi connectivity index (χ1) is 9.53. The van der Waals surface area contributed by atoms with Crippen molar-refractivity contribution in [2.24, 2.45) is 0 Å². The Hall–Kier alpha value is -2.64. The summed E-state index contributed by atoms with van der Waals surface area (Å²) in [5, 5.41) is 10.7. The Labute approximate surface area is 114 Å². The summed E-state index contributed by atoms with van der Waals surface area (Å²) in [4.78, 5) is 32.2. The van der Waals surface area contributed by atoms with Gasteiger partial charge in [0, 0.05) is 6.07 Å². The van der Waals surface area contributed by atoms with Crippen molar-refractivity contribution in [3.05, 3.63) is 27.8 Å². The molecule has 0 fully saturated rings. The number of carbonyl (C=O) groups excluding carboxylic acids is 2. The first-order valence-corrected chi connectivity index (χ1v) is 5.63. The number of rotatable bonds is 7. The third kappa shape index (κ3) is 3.67. The molecule has 0 aliphatic carbocycles. The van der Waals surface area contributed by atoms with Gasteiger partial charge in [0.05, 0.1) is 30.3 Å². The second-order valence-corrected chi connectivity index (χ2v) is 3.54. The van der Waals surface area contributed by atoms with E-state index < -0.39 is 17.5 Å². The van der Waals surface area contributed by atoms with Crippen LogP contribution < -0.4 is 9.47 Å². The fourth-order valence-electron chi connectivity index (χ4n) is 1.44. The maximum Gasteiger partial charge on any atom is 0.344 e. The zero-order valence-electron chi connectivity index (χ0n) is 11.0. The number of non-ortho nitro benzene ring substituents is 1. The maximum absolute atomic E-state index is 11.2. The molecule has 0 N–H and O–H groups in total. The van der Waals surface area contributed by atoms with Gasteiger partial charge in [-0.1, -0.05) is 0 Å². The van der Waals surface area contributed by atoms with Gasteiger partial charge in [0.1, 0.15) is 0 Å². The SMILES string of the molecule is CCOC(=O)COc1c(C=O)cc([N+](=O)[O-])cc1OC. The van der Waals surface area contributed by atoms with E-state index in [0.717, 1.165) is 12.1 Å². The molecule has 0 aliphatic heterocycles. The van der Waals surface area contributed by atoms with Crippen LogP contribution in [0.3, 0.4) is 0 Å². The lowest BCUT2D eigenvalue weighted by molar-refractivity contribution is -0.385. The minimum Gasteiger partial charge on any atom is -0.493 e. The molecule has 0 spiro atoms. The lowest BCUT2D eigenvalue weighted by atomic mass is 10.2. The summed E-state index contributed by atoms with van der Waals surface area (Å²) in [6.07, 6.45) is 0.385. The number of nitro benzene ring substituents is 1. The van der Waals surface area contributed by atoms with Gasteiger partial charge in [0.15, 0.2) is 24.4 Å². The molecule has 0 saturated carbocycles. The quantitative estimate of drug-likeness (QED) is 0.322. The summed E-state index contributed by atoms with van der Waals surface area (Å²) in [5.41, 5.74) is -0.396. The van der Waals surface area contributed by atoms with Crippen molar-refractivity contribution < 1.29 is 28.7 Å². The highest BCUT2D eigenvalue weighted by Crippen LogP contribution is 2.34. The number of nitrogens with zero attached hydrogens (tertiary/aromatic N) is 1. The van der Waals surface area contributed by atoms with Crippen LogP contribution in [0, 0.1) is 10.1 Å². The summed E-state index contributed by atoms with van der Waals surface area (Å²) in [6.45, 7) is 1.41. The summed E-state index contributed by atoms with van der Waals surface area (Å²) < 4.78 is 14.7. The van der Waals surface area contributed by atoms with Crippen molar-refractivity contribution in [1.29, 1.82) is 0 Å². The molecule has 0 atom stereocenters. The number of carbonyl (C=O) groups is 2. The molecule has 0 amide bonds. The lowest BCUT2D eigenvalue weighted by Crippen LogP contribution is -2.15. The molecule has 20 heavy (non-hydrogen) atoms. The minimum absolute atomic E-state index is 0.00871. The normalized spacial score (nSPS) is 9.70. The molecule has 1 aromatic rings. The Morgan fingerprint density at radius 2 is 2.15 bits per heavy atom. The monoisotopic (exact) mass is 283 g/mol. The van der Waals surface area contributed by atoms with Gasteiger partial charge in [-0.3, -0.25) is 14.9 Å². The van der Waals surface area contributed by atoms with Gasteiger partial charge in [-0.05, 0) is 6.92 Å². The highest BCUT2D eigenvalue weighted by molar-refractivity contribution is 5.83. The van der Waals surface area contributed by atoms with Crippen LogP contribution in [0.2, 0.25) is 0 Å². The molecule has 0 unspecified atom stereocenters. The number of benzene rings is 1. The van der Waals surface area contributed by atoms with Gasteiger partial charge >= 0.3 is 5.97 Å². The van der Waals surface area contributed by atoms with E-state index in [1.54, 1.807) is 6.92 Å². The number of methoxy groups -OCH3 is 1. The van der Waals surface area contributed by atoms with E-state index in [-0.39, 0.29) is 29.4 Å². The molecule has 1 rings (SSSR count). The summed E-state index contributed by atoms with van der Waals surface area (Å²) >= 11 is 0. The Bertz CT molecular complexity index is 527. The zero-order chi connectivity index (χ0) is 15.1. The van der Waals surface area contributed by atoms with Crippen LogP contribution in [0.25, 0.3) is 0 Å². The maximum atomic E-state index is 11.2. The van der Waals surface area contributed by atoms with E-state index >= 15 is 0 Å². The van der Waals surface area contributed by atoms with E-state index in [9.17, 15) is 19.7 Å². The molecule has 0 saturated heterocycles. The van der Waals surface area contributed by atoms with Gasteiger partial charge in [0.25, 0.3) is 5.69 Å². The lowest BCUT2D eigenvalue weighted by Gasteiger charge is -2.12. The highest BCUT2D eigenvalue weighted by Gasteiger charge is 2.19. The summed E-state index contributed by atoms with van der Waals surface area (Å²) in [6, 6.07) is 2.14. The smallest absolute Gasteiger partial charge is 0.344 e. The van der Waals surface area contributed by atoms with Crippen molar-refractivity contribution in [1.82, 2.24) is 0 Å². The van der Waals surface area contributed by atoms with E-state index in [1.807, 2.05) is 0 Å². The third-order valence-electron chi connectivity index (χ3n) is 2.27. The third-order valence-corrected chi connectivity index (χ3v) is 2.27. The topological polar surface area (TPSA) is 105 Å². The number of ether oxygens (including phenoxy) is 3. The highest BCUT2D eigenvalue weighted by atomic mass is 16.6. The van der Waals surface area contributed by atoms with Crippen LogP contribution in [0.4, 0.5) is 5.69 Å². The predicted molar refractivity (Wildman–Crippen MR) is 67.2 cm³/mol. The predicted octanol–water partition coefficient (Wildman–Crippen LogP) is 1.36. The van der Waals surface area contributed by atoms with Crippen molar-refractivity contribution in [2.45, 2.75) is 6.92 Å². The number of nitro groups is 1. The number of aldehydes is 1. The van der Waals surface area contributed by atoms with E-state index in [4.69, 9.17) is 9.47 Å². The van der Waals surface area contributed by atoms with Crippen LogP contribution in [0.5, 0.6) is 11.5 Å². The molecular weight excluding hydrogens is 270 g/mol. The van der Waals surface area contributed by atoms with Gasteiger partial charge in [-0.2, -0.15) is 0 Å². The molecule has 1 aromatic carbocycles. The second kappa shape index (κ2) is 7.07. The summed E-state index contributed by atoms with van der Waals surface area (Å²) in [7, 11) is 1.27. The Balaban J connectivity index is 3.07. The summed E-state index contributed by atoms with van der Waals surface area (Å²) in [5.74, 6) is -0.670. The fourth-order valence-corrected chi connectivity index (χ4v) is 1.44. The van der Waals surface area contributed by atoms with E-state index in [1.165, 1.54) is 7.11 Å². The number of esters is 1. The van der Waals surface area contributed by atoms with Gasteiger partial charge < -0.3 is 14.2 Å². The molecular formula is C12H13NO7. The van der Waals surface area contributed by atoms with Crippen LogP contribution in [0.1, 0.15) is 17.3 Å². The van der Waals surface area contributed by atoms with Crippen LogP contribution in [-0.2, 0) is 9.53 Å². The number of hydrogen-bond donors (Lipinski definition) is 0. The first-order valence-electron chi connectivity index (χ1n) is 5.63. The molecule has 108 valence electrons. The number of hydrogen-bond acceptors (Lipinski definition) is 7. The minimum atomic E-state index is -0.662. The molecule has 8 nitrogen and oxygen atoms in total. The van der Waals surface area contributed by atoms with Crippen molar-refractivity contribution in [3.63, 3.8) is 0 Å². The Kier molecular flexibility index (Phi) is 5.45. The van der Waals surface area contributed by atoms with Crippen LogP contribution in [-0.4, -0.2) is 37.5 Å². The largest absolute Gasteiger partial charge is 0.493 e. The molecule has 0 aromatic heterocycles. The average molecular weight is 283 g/mol. The van der Waals surface area contributed by atoms with E-state index in [0.29, 0.717) is 6.29 Å². The van der Waals surface area contributed by atoms with Crippen LogP contribution in [0.15, 0.2) is 12.1 Å². The molecule has 0 bridgehead atoms.